The number of fused-ring (bicyclic) bond motifs is 2. The van der Waals surface area contributed by atoms with Crippen molar-refractivity contribution in [3.63, 3.8) is 0 Å². The minimum absolute atomic E-state index is 0.175. The summed E-state index contributed by atoms with van der Waals surface area (Å²) in [6.07, 6.45) is 2.27. The number of carbonyl (C=O) groups excluding carboxylic acids is 1. The first-order chi connectivity index (χ1) is 7.75. The van der Waals surface area contributed by atoms with E-state index in [0.29, 0.717) is 6.42 Å². The van der Waals surface area contributed by atoms with Crippen molar-refractivity contribution >= 4 is 34.3 Å². The van der Waals surface area contributed by atoms with Gasteiger partial charge in [0, 0.05) is 29.5 Å². The summed E-state index contributed by atoms with van der Waals surface area (Å²) in [4.78, 5) is 14.6. The van der Waals surface area contributed by atoms with Crippen molar-refractivity contribution in [2.45, 2.75) is 11.3 Å². The standard InChI is InChI=1S/C12H11NO2S/c1-13-9-6-8-2-4-15-10(8)7-11(9)16-5-3-12(13)14/h2,4,6-7H,3,5H2,1H3. The molecule has 0 spiro atoms. The molecule has 4 heteroatoms. The summed E-state index contributed by atoms with van der Waals surface area (Å²) in [5, 5.41) is 1.04. The van der Waals surface area contributed by atoms with E-state index < -0.39 is 0 Å². The quantitative estimate of drug-likeness (QED) is 0.701. The van der Waals surface area contributed by atoms with E-state index >= 15 is 0 Å². The van der Waals surface area contributed by atoms with Crippen molar-refractivity contribution < 1.29 is 9.21 Å². The Morgan fingerprint density at radius 3 is 3.19 bits per heavy atom. The van der Waals surface area contributed by atoms with Gasteiger partial charge in [0.05, 0.1) is 12.0 Å². The zero-order valence-electron chi connectivity index (χ0n) is 8.90. The lowest BCUT2D eigenvalue weighted by molar-refractivity contribution is -0.117. The molecule has 0 atom stereocenters. The number of thioether (sulfide) groups is 1. The Hall–Kier alpha value is -1.42. The molecule has 0 aliphatic carbocycles. The van der Waals surface area contributed by atoms with Gasteiger partial charge in [-0.25, -0.2) is 0 Å². The van der Waals surface area contributed by atoms with E-state index in [1.54, 1.807) is 22.9 Å². The third kappa shape index (κ3) is 1.41. The van der Waals surface area contributed by atoms with Gasteiger partial charge in [0.2, 0.25) is 5.91 Å². The summed E-state index contributed by atoms with van der Waals surface area (Å²) in [6.45, 7) is 0. The Labute approximate surface area is 97.4 Å². The molecule has 82 valence electrons. The second kappa shape index (κ2) is 3.56. The zero-order chi connectivity index (χ0) is 11.1. The van der Waals surface area contributed by atoms with Gasteiger partial charge in [-0.05, 0) is 18.2 Å². The van der Waals surface area contributed by atoms with Crippen LogP contribution in [0.1, 0.15) is 6.42 Å². The van der Waals surface area contributed by atoms with Crippen LogP contribution in [0.3, 0.4) is 0 Å². The Balaban J connectivity index is 2.23. The van der Waals surface area contributed by atoms with Crippen LogP contribution in [-0.4, -0.2) is 18.7 Å². The fourth-order valence-electron chi connectivity index (χ4n) is 1.91. The maximum atomic E-state index is 11.7. The minimum Gasteiger partial charge on any atom is -0.464 e. The second-order valence-electron chi connectivity index (χ2n) is 3.83. The van der Waals surface area contributed by atoms with Gasteiger partial charge < -0.3 is 9.32 Å². The Morgan fingerprint density at radius 1 is 1.44 bits per heavy atom. The lowest BCUT2D eigenvalue weighted by atomic mass is 10.2. The predicted octanol–water partition coefficient (Wildman–Crippen LogP) is 2.89. The average Bonchev–Trinajstić information content (AvgIpc) is 2.68. The first-order valence-corrected chi connectivity index (χ1v) is 6.15. The molecule has 2 aromatic rings. The molecule has 1 aliphatic heterocycles. The summed E-state index contributed by atoms with van der Waals surface area (Å²) >= 11 is 1.71. The molecule has 0 fully saturated rings. The number of benzene rings is 1. The highest BCUT2D eigenvalue weighted by Gasteiger charge is 2.20. The molecule has 0 unspecified atom stereocenters. The van der Waals surface area contributed by atoms with E-state index in [9.17, 15) is 4.79 Å². The smallest absolute Gasteiger partial charge is 0.227 e. The third-order valence-electron chi connectivity index (χ3n) is 2.84. The molecule has 0 saturated heterocycles. The number of furan rings is 1. The Morgan fingerprint density at radius 2 is 2.31 bits per heavy atom. The molecule has 0 bridgehead atoms. The molecular weight excluding hydrogens is 222 g/mol. The van der Waals surface area contributed by atoms with Gasteiger partial charge in [-0.1, -0.05) is 0 Å². The van der Waals surface area contributed by atoms with Gasteiger partial charge >= 0.3 is 0 Å². The molecule has 3 rings (SSSR count). The predicted molar refractivity (Wildman–Crippen MR) is 65.0 cm³/mol. The van der Waals surface area contributed by atoms with Gasteiger partial charge in [-0.2, -0.15) is 0 Å². The molecule has 1 aromatic heterocycles. The Bertz CT molecular complexity index is 561. The molecule has 0 saturated carbocycles. The molecule has 1 aliphatic rings. The molecule has 1 aromatic carbocycles. The van der Waals surface area contributed by atoms with Crippen LogP contribution < -0.4 is 4.90 Å². The monoisotopic (exact) mass is 233 g/mol. The topological polar surface area (TPSA) is 33.5 Å². The zero-order valence-corrected chi connectivity index (χ0v) is 9.71. The van der Waals surface area contributed by atoms with Crippen molar-refractivity contribution in [3.8, 4) is 0 Å². The van der Waals surface area contributed by atoms with Crippen LogP contribution in [0.25, 0.3) is 11.0 Å². The van der Waals surface area contributed by atoms with E-state index in [1.165, 1.54) is 0 Å². The van der Waals surface area contributed by atoms with E-state index in [1.807, 2.05) is 25.2 Å². The second-order valence-corrected chi connectivity index (χ2v) is 4.97. The molecule has 3 nitrogen and oxygen atoms in total. The molecule has 0 N–H and O–H groups in total. The fourth-order valence-corrected chi connectivity index (χ4v) is 2.94. The number of rotatable bonds is 0. The number of hydrogen-bond acceptors (Lipinski definition) is 3. The largest absolute Gasteiger partial charge is 0.464 e. The summed E-state index contributed by atoms with van der Waals surface area (Å²) < 4.78 is 5.37. The summed E-state index contributed by atoms with van der Waals surface area (Å²) in [6, 6.07) is 5.96. The number of nitrogens with zero attached hydrogens (tertiary/aromatic N) is 1. The minimum atomic E-state index is 0.175. The van der Waals surface area contributed by atoms with Gasteiger partial charge in [-0.15, -0.1) is 11.8 Å². The van der Waals surface area contributed by atoms with Crippen LogP contribution in [0.2, 0.25) is 0 Å². The van der Waals surface area contributed by atoms with E-state index in [-0.39, 0.29) is 5.91 Å². The number of amides is 1. The molecule has 1 amide bonds. The van der Waals surface area contributed by atoms with E-state index in [2.05, 4.69) is 0 Å². The third-order valence-corrected chi connectivity index (χ3v) is 3.89. The van der Waals surface area contributed by atoms with Crippen LogP contribution in [0.4, 0.5) is 5.69 Å². The molecule has 0 radical (unpaired) electrons. The van der Waals surface area contributed by atoms with Crippen molar-refractivity contribution in [1.82, 2.24) is 0 Å². The van der Waals surface area contributed by atoms with Crippen molar-refractivity contribution in [1.29, 1.82) is 0 Å². The number of carbonyl (C=O) groups is 1. The Kier molecular flexibility index (Phi) is 2.17. The summed E-state index contributed by atoms with van der Waals surface area (Å²) in [7, 11) is 1.83. The van der Waals surface area contributed by atoms with Gasteiger partial charge in [-0.3, -0.25) is 4.79 Å². The summed E-state index contributed by atoms with van der Waals surface area (Å²) in [5.74, 6) is 1.01. The first-order valence-electron chi connectivity index (χ1n) is 5.16. The first kappa shape index (κ1) is 9.78. The van der Waals surface area contributed by atoms with Gasteiger partial charge in [0.25, 0.3) is 0 Å². The fraction of sp³-hybridized carbons (Fsp3) is 0.250. The molecular formula is C12H11NO2S. The lowest BCUT2D eigenvalue weighted by Crippen LogP contribution is -2.25. The van der Waals surface area contributed by atoms with Crippen LogP contribution in [-0.2, 0) is 4.79 Å². The van der Waals surface area contributed by atoms with Gasteiger partial charge in [0.1, 0.15) is 5.58 Å². The summed E-state index contributed by atoms with van der Waals surface area (Å²) in [5.41, 5.74) is 1.87. The SMILES string of the molecule is CN1C(=O)CCSc2cc3occc3cc21. The highest BCUT2D eigenvalue weighted by atomic mass is 32.2. The normalized spacial score (nSPS) is 16.3. The van der Waals surface area contributed by atoms with Gasteiger partial charge in [0.15, 0.2) is 0 Å². The van der Waals surface area contributed by atoms with Crippen molar-refractivity contribution in [2.24, 2.45) is 0 Å². The lowest BCUT2D eigenvalue weighted by Gasteiger charge is -2.16. The van der Waals surface area contributed by atoms with Crippen molar-refractivity contribution in [2.75, 3.05) is 17.7 Å². The highest BCUT2D eigenvalue weighted by molar-refractivity contribution is 7.99. The highest BCUT2D eigenvalue weighted by Crippen LogP contribution is 2.37. The van der Waals surface area contributed by atoms with Crippen LogP contribution in [0, 0.1) is 0 Å². The van der Waals surface area contributed by atoms with Crippen LogP contribution >= 0.6 is 11.8 Å². The number of hydrogen-bond donors (Lipinski definition) is 0. The van der Waals surface area contributed by atoms with Crippen LogP contribution in [0.15, 0.2) is 33.8 Å². The molecule has 2 heterocycles. The van der Waals surface area contributed by atoms with E-state index in [4.69, 9.17) is 4.42 Å². The average molecular weight is 233 g/mol. The van der Waals surface area contributed by atoms with E-state index in [0.717, 1.165) is 27.3 Å². The van der Waals surface area contributed by atoms with Crippen molar-refractivity contribution in [3.05, 3.63) is 24.5 Å². The van der Waals surface area contributed by atoms with Crippen LogP contribution in [0.5, 0.6) is 0 Å². The maximum absolute atomic E-state index is 11.7. The molecule has 16 heavy (non-hydrogen) atoms. The maximum Gasteiger partial charge on any atom is 0.227 e. The number of anilines is 1.